The summed E-state index contributed by atoms with van der Waals surface area (Å²) in [5, 5.41) is 0. The van der Waals surface area contributed by atoms with Gasteiger partial charge in [0.05, 0.1) is 6.26 Å². The minimum Gasteiger partial charge on any atom is -0.381 e. The average molecular weight is 414 g/mol. The summed E-state index contributed by atoms with van der Waals surface area (Å²) in [4.78, 5) is -1.04. The highest BCUT2D eigenvalue weighted by Crippen LogP contribution is 2.31. The molecule has 0 fully saturated rings. The van der Waals surface area contributed by atoms with Crippen LogP contribution in [0.2, 0.25) is 0 Å². The molecule has 9 nitrogen and oxygen atoms in total. The van der Waals surface area contributed by atoms with E-state index >= 15 is 0 Å². The van der Waals surface area contributed by atoms with Crippen molar-refractivity contribution in [2.45, 2.75) is 18.2 Å². The molecule has 1 aromatic carbocycles. The highest BCUT2D eigenvalue weighted by Gasteiger charge is 2.39. The Hall–Kier alpha value is -1.71. The second-order valence-electron chi connectivity index (χ2n) is 3.92. The van der Waals surface area contributed by atoms with Crippen LogP contribution in [-0.2, 0) is 35.0 Å². The summed E-state index contributed by atoms with van der Waals surface area (Å²) in [5.74, 6) is -0.767. The van der Waals surface area contributed by atoms with E-state index in [1.54, 1.807) is 0 Å². The highest BCUT2D eigenvalue weighted by molar-refractivity contribution is 7.87. The van der Waals surface area contributed by atoms with Gasteiger partial charge in [-0.25, -0.2) is 0 Å². The van der Waals surface area contributed by atoms with Crippen LogP contribution < -0.4 is 4.18 Å². The van der Waals surface area contributed by atoms with Crippen molar-refractivity contribution in [1.82, 2.24) is 0 Å². The normalized spacial score (nSPS) is 12.0. The number of benzene rings is 1. The van der Waals surface area contributed by atoms with Gasteiger partial charge in [-0.05, 0) is 24.6 Å². The zero-order valence-corrected chi connectivity index (χ0v) is 14.2. The van der Waals surface area contributed by atoms with Gasteiger partial charge in [-0.3, -0.25) is 0 Å². The molecule has 0 amide bonds. The van der Waals surface area contributed by atoms with Gasteiger partial charge in [-0.1, -0.05) is 6.07 Å². The van der Waals surface area contributed by atoms with Crippen LogP contribution >= 0.6 is 0 Å². The molecular weight excluding hydrogens is 405 g/mol. The predicted octanol–water partition coefficient (Wildman–Crippen LogP) is 0.554. The van der Waals surface area contributed by atoms with Crippen LogP contribution in [0.1, 0.15) is 5.56 Å². The van der Waals surface area contributed by atoms with Gasteiger partial charge >= 0.3 is 37.2 Å². The van der Waals surface area contributed by atoms with E-state index in [0.717, 1.165) is 12.1 Å². The van der Waals surface area contributed by atoms with Gasteiger partial charge in [0.15, 0.2) is 5.75 Å². The van der Waals surface area contributed by atoms with E-state index in [2.05, 4.69) is 8.37 Å². The molecule has 24 heavy (non-hydrogen) atoms. The third kappa shape index (κ3) is 9.43. The van der Waals surface area contributed by atoms with Crippen LogP contribution in [0.5, 0.6) is 5.75 Å². The number of rotatable bonds is 4. The topological polar surface area (TPSA) is 138 Å². The molecule has 0 aliphatic rings. The van der Waals surface area contributed by atoms with Crippen LogP contribution in [0.15, 0.2) is 23.1 Å². The van der Waals surface area contributed by atoms with Crippen molar-refractivity contribution in [3.05, 3.63) is 23.8 Å². The summed E-state index contributed by atoms with van der Waals surface area (Å²) in [7, 11) is -12.5. The molecule has 0 saturated carbocycles. The SMILES string of the molecule is Cc1ccc(S(=O)(=O)OC(F)(F)F)c(OS(C)(=O)=O)c1.O=S(=O)=O. The molecule has 0 aliphatic carbocycles. The monoisotopic (exact) mass is 414 g/mol. The van der Waals surface area contributed by atoms with Gasteiger partial charge in [0.25, 0.3) is 0 Å². The third-order valence-electron chi connectivity index (χ3n) is 1.81. The number of hydrogen-bond acceptors (Lipinski definition) is 9. The van der Waals surface area contributed by atoms with E-state index in [1.165, 1.54) is 13.0 Å². The quantitative estimate of drug-likeness (QED) is 0.647. The molecule has 0 atom stereocenters. The maximum atomic E-state index is 12.0. The summed E-state index contributed by atoms with van der Waals surface area (Å²) in [6.45, 7) is 1.47. The molecule has 15 heteroatoms. The van der Waals surface area contributed by atoms with Crippen molar-refractivity contribution < 1.29 is 51.0 Å². The van der Waals surface area contributed by atoms with Crippen molar-refractivity contribution in [3.8, 4) is 5.75 Å². The molecular formula is C9H9F3O9S3. The van der Waals surface area contributed by atoms with E-state index in [-0.39, 0.29) is 0 Å². The van der Waals surface area contributed by atoms with Crippen LogP contribution in [0.3, 0.4) is 0 Å². The van der Waals surface area contributed by atoms with Gasteiger partial charge < -0.3 is 4.18 Å². The first-order chi connectivity index (χ1) is 10.5. The Morgan fingerprint density at radius 2 is 1.50 bits per heavy atom. The van der Waals surface area contributed by atoms with E-state index in [9.17, 15) is 30.0 Å². The predicted molar refractivity (Wildman–Crippen MR) is 70.7 cm³/mol. The number of aryl methyl sites for hydroxylation is 1. The van der Waals surface area contributed by atoms with Crippen molar-refractivity contribution in [2.75, 3.05) is 6.26 Å². The molecule has 0 aliphatic heterocycles. The largest absolute Gasteiger partial charge is 0.537 e. The lowest BCUT2D eigenvalue weighted by molar-refractivity contribution is -0.271. The van der Waals surface area contributed by atoms with E-state index in [4.69, 9.17) is 12.6 Å². The van der Waals surface area contributed by atoms with Gasteiger partial charge in [0, 0.05) is 0 Å². The smallest absolute Gasteiger partial charge is 0.381 e. The zero-order chi connectivity index (χ0) is 19.3. The first-order valence-electron chi connectivity index (χ1n) is 5.33. The van der Waals surface area contributed by atoms with Gasteiger partial charge in [-0.2, -0.15) is 21.0 Å². The minimum atomic E-state index is -5.44. The Bertz CT molecular complexity index is 893. The van der Waals surface area contributed by atoms with Crippen LogP contribution in [0, 0.1) is 6.92 Å². The van der Waals surface area contributed by atoms with Gasteiger partial charge in [0.1, 0.15) is 4.90 Å². The fraction of sp³-hybridized carbons (Fsp3) is 0.333. The maximum Gasteiger partial charge on any atom is 0.537 e. The lowest BCUT2D eigenvalue weighted by Gasteiger charge is -2.12. The number of hydrogen-bond donors (Lipinski definition) is 0. The Kier molecular flexibility index (Phi) is 7.35. The number of alkyl halides is 3. The molecule has 0 radical (unpaired) electrons. The summed E-state index contributed by atoms with van der Waals surface area (Å²) in [5.41, 5.74) is 0.384. The fourth-order valence-corrected chi connectivity index (χ4v) is 2.66. The first kappa shape index (κ1) is 22.3. The fourth-order valence-electron chi connectivity index (χ4n) is 1.22. The minimum absolute atomic E-state index is 0.384. The summed E-state index contributed by atoms with van der Waals surface area (Å²) >= 11 is 0. The van der Waals surface area contributed by atoms with Gasteiger partial charge in [-0.15, -0.1) is 25.8 Å². The van der Waals surface area contributed by atoms with Crippen molar-refractivity contribution >= 4 is 30.8 Å². The first-order valence-corrected chi connectivity index (χ1v) is 9.55. The van der Waals surface area contributed by atoms with E-state index in [0.29, 0.717) is 11.8 Å². The Balaban J connectivity index is 0.00000118. The Morgan fingerprint density at radius 3 is 1.88 bits per heavy atom. The third-order valence-corrected chi connectivity index (χ3v) is 3.58. The lowest BCUT2D eigenvalue weighted by atomic mass is 10.2. The lowest BCUT2D eigenvalue weighted by Crippen LogP contribution is -2.21. The van der Waals surface area contributed by atoms with Crippen molar-refractivity contribution in [1.29, 1.82) is 0 Å². The van der Waals surface area contributed by atoms with E-state index in [1.807, 2.05) is 0 Å². The standard InChI is InChI=1S/C9H9F3O6S2.O3S/c1-6-3-4-8(7(5-6)17-19(2,13)14)20(15,16)18-9(10,11)12;1-4(2)3/h3-5H,1-2H3;. The molecule has 1 aromatic rings. The number of halogens is 3. The summed E-state index contributed by atoms with van der Waals surface area (Å²) < 4.78 is 114. The highest BCUT2D eigenvalue weighted by atomic mass is 32.2. The second kappa shape index (κ2) is 7.91. The molecule has 0 saturated heterocycles. The molecule has 0 N–H and O–H groups in total. The molecule has 138 valence electrons. The zero-order valence-electron chi connectivity index (χ0n) is 11.8. The molecule has 1 rings (SSSR count). The second-order valence-corrected chi connectivity index (χ2v) is 7.42. The molecule has 0 unspecified atom stereocenters. The molecule has 0 bridgehead atoms. The van der Waals surface area contributed by atoms with Gasteiger partial charge in [0.2, 0.25) is 0 Å². The van der Waals surface area contributed by atoms with Crippen molar-refractivity contribution in [2.24, 2.45) is 0 Å². The summed E-state index contributed by atoms with van der Waals surface area (Å²) in [6, 6.07) is 2.90. The van der Waals surface area contributed by atoms with Crippen LogP contribution in [-0.4, -0.2) is 42.1 Å². The molecule has 0 spiro atoms. The Morgan fingerprint density at radius 1 is 1.04 bits per heavy atom. The average Bonchev–Trinajstić information content (AvgIpc) is 2.21. The van der Waals surface area contributed by atoms with E-state index < -0.39 is 47.9 Å². The molecule has 0 heterocycles. The van der Waals surface area contributed by atoms with Crippen LogP contribution in [0.4, 0.5) is 13.2 Å². The summed E-state index contributed by atoms with van der Waals surface area (Å²) in [6.07, 6.45) is -4.82. The Labute approximate surface area is 136 Å². The maximum absolute atomic E-state index is 12.0. The van der Waals surface area contributed by atoms with Crippen LogP contribution in [0.25, 0.3) is 0 Å². The van der Waals surface area contributed by atoms with Crippen molar-refractivity contribution in [3.63, 3.8) is 0 Å². The molecule has 0 aromatic heterocycles.